The molecule has 0 spiro atoms. The molecule has 1 unspecified atom stereocenters. The van der Waals surface area contributed by atoms with Gasteiger partial charge in [0.1, 0.15) is 0 Å². The average Bonchev–Trinajstić information content (AvgIpc) is 2.94. The number of piperazine rings is 1. The lowest BCUT2D eigenvalue weighted by Gasteiger charge is -2.46. The summed E-state index contributed by atoms with van der Waals surface area (Å²) in [4.78, 5) is 14.2. The van der Waals surface area contributed by atoms with E-state index in [1.165, 1.54) is 0 Å². The summed E-state index contributed by atoms with van der Waals surface area (Å²) in [6.07, 6.45) is 2.81. The molecule has 1 aliphatic heterocycles. The van der Waals surface area contributed by atoms with Crippen LogP contribution < -0.4 is 5.32 Å². The standard InChI is InChI=1S/C11H20N2O2/c1-11(2)7-12-9(5-6-14)10(15)13(11)8-3-4-8/h8-9,12,14H,3-7H2,1-2H3. The van der Waals surface area contributed by atoms with Gasteiger partial charge in [0.25, 0.3) is 0 Å². The van der Waals surface area contributed by atoms with Crippen LogP contribution in [0.3, 0.4) is 0 Å². The molecule has 15 heavy (non-hydrogen) atoms. The van der Waals surface area contributed by atoms with Crippen LogP contribution in [0.5, 0.6) is 0 Å². The summed E-state index contributed by atoms with van der Waals surface area (Å²) in [7, 11) is 0. The number of nitrogens with zero attached hydrogens (tertiary/aromatic N) is 1. The predicted octanol–water partition coefficient (Wildman–Crippen LogP) is 0.110. The molecule has 1 atom stereocenters. The molecular formula is C11H20N2O2. The molecule has 1 saturated heterocycles. The topological polar surface area (TPSA) is 52.6 Å². The maximum Gasteiger partial charge on any atom is 0.240 e. The third-order valence-electron chi connectivity index (χ3n) is 3.30. The molecule has 2 fully saturated rings. The zero-order valence-electron chi connectivity index (χ0n) is 9.49. The highest BCUT2D eigenvalue weighted by Crippen LogP contribution is 2.35. The summed E-state index contributed by atoms with van der Waals surface area (Å²) in [6, 6.07) is 0.277. The number of aliphatic hydroxyl groups is 1. The second kappa shape index (κ2) is 3.76. The number of hydrogen-bond acceptors (Lipinski definition) is 3. The Balaban J connectivity index is 2.11. The summed E-state index contributed by atoms with van der Waals surface area (Å²) in [5, 5.41) is 12.1. The smallest absolute Gasteiger partial charge is 0.240 e. The molecule has 0 bridgehead atoms. The Bertz CT molecular complexity index is 261. The lowest BCUT2D eigenvalue weighted by Crippen LogP contribution is -2.65. The van der Waals surface area contributed by atoms with Gasteiger partial charge in [-0.1, -0.05) is 0 Å². The first-order valence-electron chi connectivity index (χ1n) is 5.73. The number of carbonyl (C=O) groups is 1. The molecule has 4 heteroatoms. The molecule has 2 aliphatic rings. The molecule has 1 saturated carbocycles. The first-order chi connectivity index (χ1) is 7.06. The van der Waals surface area contributed by atoms with Gasteiger partial charge in [0, 0.05) is 19.2 Å². The van der Waals surface area contributed by atoms with Gasteiger partial charge in [-0.15, -0.1) is 0 Å². The summed E-state index contributed by atoms with van der Waals surface area (Å²) in [5.41, 5.74) is -0.0792. The third kappa shape index (κ3) is 2.01. The molecule has 0 aromatic rings. The summed E-state index contributed by atoms with van der Waals surface area (Å²) >= 11 is 0. The fourth-order valence-electron chi connectivity index (χ4n) is 2.37. The summed E-state index contributed by atoms with van der Waals surface area (Å²) in [6.45, 7) is 5.10. The first kappa shape index (κ1) is 10.9. The second-order valence-electron chi connectivity index (χ2n) is 5.20. The van der Waals surface area contributed by atoms with Crippen molar-refractivity contribution >= 4 is 5.91 Å². The maximum absolute atomic E-state index is 12.2. The van der Waals surface area contributed by atoms with Crippen LogP contribution in [0.2, 0.25) is 0 Å². The Morgan fingerprint density at radius 3 is 2.73 bits per heavy atom. The lowest BCUT2D eigenvalue weighted by atomic mass is 9.95. The SMILES string of the molecule is CC1(C)CNC(CCO)C(=O)N1C1CC1. The molecule has 86 valence electrons. The van der Waals surface area contributed by atoms with Gasteiger partial charge in [-0.3, -0.25) is 4.79 Å². The molecule has 4 nitrogen and oxygen atoms in total. The largest absolute Gasteiger partial charge is 0.396 e. The molecule has 1 heterocycles. The summed E-state index contributed by atoms with van der Waals surface area (Å²) in [5.74, 6) is 0.169. The van der Waals surface area contributed by atoms with Gasteiger partial charge in [0.2, 0.25) is 5.91 Å². The van der Waals surface area contributed by atoms with Crippen molar-refractivity contribution in [2.45, 2.75) is 50.7 Å². The number of aliphatic hydroxyl groups excluding tert-OH is 1. The van der Waals surface area contributed by atoms with Crippen LogP contribution in [0.25, 0.3) is 0 Å². The third-order valence-corrected chi connectivity index (χ3v) is 3.30. The van der Waals surface area contributed by atoms with Gasteiger partial charge in [0.15, 0.2) is 0 Å². The van der Waals surface area contributed by atoms with Crippen LogP contribution in [0.15, 0.2) is 0 Å². The van der Waals surface area contributed by atoms with E-state index in [2.05, 4.69) is 19.2 Å². The second-order valence-corrected chi connectivity index (χ2v) is 5.20. The molecular weight excluding hydrogens is 192 g/mol. The number of carbonyl (C=O) groups excluding carboxylic acids is 1. The van der Waals surface area contributed by atoms with Crippen LogP contribution in [-0.2, 0) is 4.79 Å². The fourth-order valence-corrected chi connectivity index (χ4v) is 2.37. The van der Waals surface area contributed by atoms with Gasteiger partial charge in [0.05, 0.1) is 11.6 Å². The van der Waals surface area contributed by atoms with Crippen molar-refractivity contribution in [2.24, 2.45) is 0 Å². The number of amides is 1. The maximum atomic E-state index is 12.2. The van der Waals surface area contributed by atoms with E-state index in [9.17, 15) is 4.79 Å². The molecule has 2 N–H and O–H groups in total. The molecule has 2 rings (SSSR count). The highest BCUT2D eigenvalue weighted by Gasteiger charge is 2.46. The Morgan fingerprint density at radius 1 is 1.53 bits per heavy atom. The average molecular weight is 212 g/mol. The van der Waals surface area contributed by atoms with E-state index in [1.807, 2.05) is 4.90 Å². The van der Waals surface area contributed by atoms with E-state index in [0.717, 1.165) is 19.4 Å². The zero-order valence-corrected chi connectivity index (χ0v) is 9.49. The van der Waals surface area contributed by atoms with Crippen LogP contribution in [0.4, 0.5) is 0 Å². The van der Waals surface area contributed by atoms with Crippen molar-refractivity contribution in [2.75, 3.05) is 13.2 Å². The monoisotopic (exact) mass is 212 g/mol. The minimum absolute atomic E-state index is 0.0718. The zero-order chi connectivity index (χ0) is 11.1. The van der Waals surface area contributed by atoms with E-state index < -0.39 is 0 Å². The Labute approximate surface area is 90.6 Å². The quantitative estimate of drug-likeness (QED) is 0.698. The molecule has 0 aromatic heterocycles. The Hall–Kier alpha value is -0.610. The van der Waals surface area contributed by atoms with E-state index in [-0.39, 0.29) is 24.1 Å². The first-order valence-corrected chi connectivity index (χ1v) is 5.73. The van der Waals surface area contributed by atoms with Crippen molar-refractivity contribution in [3.05, 3.63) is 0 Å². The van der Waals surface area contributed by atoms with Crippen molar-refractivity contribution in [3.8, 4) is 0 Å². The van der Waals surface area contributed by atoms with Gasteiger partial charge < -0.3 is 15.3 Å². The van der Waals surface area contributed by atoms with Crippen LogP contribution in [0, 0.1) is 0 Å². The minimum atomic E-state index is -0.177. The van der Waals surface area contributed by atoms with Gasteiger partial charge in [-0.05, 0) is 33.1 Å². The summed E-state index contributed by atoms with van der Waals surface area (Å²) < 4.78 is 0. The Morgan fingerprint density at radius 2 is 2.20 bits per heavy atom. The number of hydrogen-bond donors (Lipinski definition) is 2. The predicted molar refractivity (Wildman–Crippen MR) is 57.4 cm³/mol. The van der Waals surface area contributed by atoms with Gasteiger partial charge >= 0.3 is 0 Å². The van der Waals surface area contributed by atoms with Crippen molar-refractivity contribution < 1.29 is 9.90 Å². The van der Waals surface area contributed by atoms with E-state index in [4.69, 9.17) is 5.11 Å². The van der Waals surface area contributed by atoms with Gasteiger partial charge in [-0.25, -0.2) is 0 Å². The van der Waals surface area contributed by atoms with Crippen molar-refractivity contribution in [1.29, 1.82) is 0 Å². The van der Waals surface area contributed by atoms with Crippen LogP contribution in [-0.4, -0.2) is 46.7 Å². The minimum Gasteiger partial charge on any atom is -0.396 e. The lowest BCUT2D eigenvalue weighted by molar-refractivity contribution is -0.144. The molecule has 0 aromatic carbocycles. The molecule has 1 aliphatic carbocycles. The molecule has 1 amide bonds. The number of rotatable bonds is 3. The highest BCUT2D eigenvalue weighted by molar-refractivity contribution is 5.84. The number of nitrogens with one attached hydrogen (secondary N) is 1. The highest BCUT2D eigenvalue weighted by atomic mass is 16.3. The van der Waals surface area contributed by atoms with E-state index in [1.54, 1.807) is 0 Å². The molecule has 0 radical (unpaired) electrons. The van der Waals surface area contributed by atoms with Crippen LogP contribution in [0.1, 0.15) is 33.1 Å². The van der Waals surface area contributed by atoms with E-state index in [0.29, 0.717) is 12.5 Å². The van der Waals surface area contributed by atoms with Crippen molar-refractivity contribution in [1.82, 2.24) is 10.2 Å². The normalized spacial score (nSPS) is 30.7. The fraction of sp³-hybridized carbons (Fsp3) is 0.909. The van der Waals surface area contributed by atoms with E-state index >= 15 is 0 Å². The van der Waals surface area contributed by atoms with Crippen LogP contribution >= 0.6 is 0 Å². The van der Waals surface area contributed by atoms with Gasteiger partial charge in [-0.2, -0.15) is 0 Å². The van der Waals surface area contributed by atoms with Crippen molar-refractivity contribution in [3.63, 3.8) is 0 Å². The Kier molecular flexibility index (Phi) is 2.73.